The molecule has 9 nitrogen and oxygen atoms in total. The van der Waals surface area contributed by atoms with Gasteiger partial charge in [0.25, 0.3) is 6.47 Å². The Morgan fingerprint density at radius 3 is 1.43 bits per heavy atom. The minimum Gasteiger partial charge on any atom is -1.00 e. The van der Waals surface area contributed by atoms with E-state index >= 15 is 0 Å². The number of alkyl halides is 1. The molecule has 2 N–H and O–H groups in total. The molecule has 6 aromatic rings. The van der Waals surface area contributed by atoms with E-state index in [4.69, 9.17) is 19.5 Å². The number of rotatable bonds is 14. The molecule has 0 amide bonds. The fourth-order valence-electron chi connectivity index (χ4n) is 10.1. The first-order valence-electron chi connectivity index (χ1n) is 25.6. The van der Waals surface area contributed by atoms with Crippen LogP contribution in [-0.2, 0) is 57.6 Å². The number of aliphatic carboxylic acids is 1. The monoisotopic (exact) mass is 1390 g/mol. The molecule has 0 aromatic heterocycles. The molecule has 6 aromatic carbocycles. The van der Waals surface area contributed by atoms with E-state index in [1.165, 1.54) is 60.2 Å². The summed E-state index contributed by atoms with van der Waals surface area (Å²) in [6.07, 6.45) is 4.52. The summed E-state index contributed by atoms with van der Waals surface area (Å²) < 4.78 is 65.8. The summed E-state index contributed by atoms with van der Waals surface area (Å²) >= 11 is 3.55. The van der Waals surface area contributed by atoms with E-state index in [2.05, 4.69) is 113 Å². The van der Waals surface area contributed by atoms with Gasteiger partial charge in [-0.25, -0.2) is 17.6 Å². The van der Waals surface area contributed by atoms with Crippen molar-refractivity contribution >= 4 is 34.3 Å². The molecule has 0 saturated carbocycles. The summed E-state index contributed by atoms with van der Waals surface area (Å²) in [6, 6.07) is 33.2. The van der Waals surface area contributed by atoms with Crippen LogP contribution >= 0.6 is 15.9 Å². The van der Waals surface area contributed by atoms with E-state index in [0.717, 1.165) is 41.6 Å². The van der Waals surface area contributed by atoms with Crippen LogP contribution in [0.5, 0.6) is 11.5 Å². The minimum atomic E-state index is -1.06. The van der Waals surface area contributed by atoms with Crippen LogP contribution in [0.1, 0.15) is 170 Å². The van der Waals surface area contributed by atoms with Gasteiger partial charge >= 0.3 is 150 Å². The normalized spacial score (nSPS) is 15.4. The first kappa shape index (κ1) is 70.9. The number of carboxylic acid groups (broad SMARTS) is 1. The molecule has 2 unspecified atom stereocenters. The van der Waals surface area contributed by atoms with Gasteiger partial charge in [-0.05, 0) is 146 Å². The van der Waals surface area contributed by atoms with E-state index in [-0.39, 0.29) is 193 Å². The van der Waals surface area contributed by atoms with Crippen molar-refractivity contribution in [3.8, 4) is 11.5 Å². The van der Waals surface area contributed by atoms with Gasteiger partial charge in [0.1, 0.15) is 41.4 Å². The van der Waals surface area contributed by atoms with E-state index in [0.29, 0.717) is 34.3 Å². The fraction of sp³-hybridized carbons (Fsp3) is 0.381. The van der Waals surface area contributed by atoms with Gasteiger partial charge in [-0.2, -0.15) is 0 Å². The van der Waals surface area contributed by atoms with Gasteiger partial charge in [-0.1, -0.05) is 144 Å². The van der Waals surface area contributed by atoms with Gasteiger partial charge < -0.3 is 31.3 Å². The van der Waals surface area contributed by atoms with Crippen molar-refractivity contribution in [1.29, 1.82) is 0 Å². The zero-order valence-electron chi connectivity index (χ0n) is 48.3. The third-order valence-corrected chi connectivity index (χ3v) is 15.4. The minimum absolute atomic E-state index is 0. The quantitative estimate of drug-likeness (QED) is 0.0274. The number of fused-ring (bicyclic) bond motifs is 2. The molecule has 16 heteroatoms. The van der Waals surface area contributed by atoms with Crippen molar-refractivity contribution in [2.75, 3.05) is 6.61 Å². The maximum Gasteiger partial charge on any atom is 1.00 e. The zero-order chi connectivity index (χ0) is 56.9. The summed E-state index contributed by atoms with van der Waals surface area (Å²) in [4.78, 5) is 34.5. The third-order valence-electron chi connectivity index (χ3n) is 14.7. The predicted octanol–water partition coefficient (Wildman–Crippen LogP) is 8.74. The SMILES string of the molecule is CC1(C)CCC(C)(C)c2cc(CBr)ccc21.CC1(C)CCC(C)(C)c2cc(COc3ccc(C(CC(=O)O)c4ccc(F)cc4F)cc3)ccc21.CCOC(=O)CC(c1ccc(O)cc1)c1ccc(F)cc1F.O=CO[O-].[Cs+].[Cs+].[H-]. The third kappa shape index (κ3) is 20.1. The van der Waals surface area contributed by atoms with Crippen LogP contribution < -0.4 is 148 Å². The summed E-state index contributed by atoms with van der Waals surface area (Å²) in [5.41, 5.74) is 11.0. The molecule has 2 atom stereocenters. The average Bonchev–Trinajstić information content (AvgIpc) is 3.38. The van der Waals surface area contributed by atoms with Gasteiger partial charge in [0.15, 0.2) is 0 Å². The second-order valence-electron chi connectivity index (χ2n) is 22.1. The second-order valence-corrected chi connectivity index (χ2v) is 22.7. The maximum absolute atomic E-state index is 14.4. The Labute approximate surface area is 590 Å². The molecular weight excluding hydrogens is 1320 g/mol. The summed E-state index contributed by atoms with van der Waals surface area (Å²) in [5, 5.41) is 28.1. The van der Waals surface area contributed by atoms with Crippen LogP contribution in [-0.4, -0.2) is 35.2 Å². The van der Waals surface area contributed by atoms with Crippen molar-refractivity contribution < 1.29 is 201 Å². The molecule has 0 radical (unpaired) electrons. The van der Waals surface area contributed by atoms with Crippen LogP contribution in [0, 0.1) is 23.3 Å². The number of phenols is 1. The number of carbonyl (C=O) groups is 3. The number of carbonyl (C=O) groups excluding carboxylic acids is 2. The van der Waals surface area contributed by atoms with Crippen molar-refractivity contribution in [2.24, 2.45) is 0 Å². The van der Waals surface area contributed by atoms with Crippen molar-refractivity contribution in [2.45, 2.75) is 146 Å². The van der Waals surface area contributed by atoms with Crippen LogP contribution in [0.4, 0.5) is 17.6 Å². The Morgan fingerprint density at radius 2 is 1.03 bits per heavy atom. The van der Waals surface area contributed by atoms with Crippen molar-refractivity contribution in [3.05, 3.63) is 200 Å². The van der Waals surface area contributed by atoms with E-state index in [1.807, 2.05) is 0 Å². The van der Waals surface area contributed by atoms with E-state index in [1.54, 1.807) is 54.4 Å². The molecule has 2 aliphatic carbocycles. The van der Waals surface area contributed by atoms with Crippen LogP contribution in [0.2, 0.25) is 0 Å². The number of hydrogen-bond acceptors (Lipinski definition) is 8. The molecule has 414 valence electrons. The van der Waals surface area contributed by atoms with Crippen LogP contribution in [0.15, 0.2) is 121 Å². The van der Waals surface area contributed by atoms with Gasteiger partial charge in [0, 0.05) is 29.3 Å². The largest absolute Gasteiger partial charge is 1.00 e. The number of ether oxygens (including phenoxy) is 2. The summed E-state index contributed by atoms with van der Waals surface area (Å²) in [7, 11) is 0. The molecule has 0 aliphatic heterocycles. The number of hydrogen-bond donors (Lipinski definition) is 2. The molecular formula is C63H71BrCs2F4O9. The molecule has 79 heavy (non-hydrogen) atoms. The number of benzene rings is 6. The van der Waals surface area contributed by atoms with Crippen molar-refractivity contribution in [1.82, 2.24) is 0 Å². The molecule has 0 saturated heterocycles. The number of aromatic hydroxyl groups is 1. The fourth-order valence-corrected chi connectivity index (χ4v) is 10.4. The summed E-state index contributed by atoms with van der Waals surface area (Å²) in [5.74, 6) is -5.01. The number of esters is 1. The first-order valence-corrected chi connectivity index (χ1v) is 26.7. The molecule has 0 spiro atoms. The predicted molar refractivity (Wildman–Crippen MR) is 293 cm³/mol. The molecule has 0 bridgehead atoms. The Bertz CT molecular complexity index is 2970. The Morgan fingerprint density at radius 1 is 0.620 bits per heavy atom. The van der Waals surface area contributed by atoms with E-state index < -0.39 is 47.0 Å². The second kappa shape index (κ2) is 32.0. The first-order chi connectivity index (χ1) is 36.2. The molecule has 2 aliphatic rings. The topological polar surface area (TPSA) is 142 Å². The average molecular weight is 1390 g/mol. The molecule has 0 fully saturated rings. The Kier molecular flexibility index (Phi) is 28.7. The van der Waals surface area contributed by atoms with E-state index in [9.17, 15) is 37.4 Å². The van der Waals surface area contributed by atoms with Crippen LogP contribution in [0.3, 0.4) is 0 Å². The van der Waals surface area contributed by atoms with Crippen molar-refractivity contribution in [3.63, 3.8) is 0 Å². The smallest absolute Gasteiger partial charge is 1.00 e. The number of carboxylic acids is 1. The van der Waals surface area contributed by atoms with Gasteiger partial charge in [-0.15, -0.1) is 0 Å². The van der Waals surface area contributed by atoms with Gasteiger partial charge in [0.05, 0.1) is 19.4 Å². The Hall–Kier alpha value is -2.41. The van der Waals surface area contributed by atoms with Gasteiger partial charge in [0.2, 0.25) is 0 Å². The number of halogens is 5. The van der Waals surface area contributed by atoms with Crippen LogP contribution in [0.25, 0.3) is 0 Å². The standard InChI is InChI=1S/C30H32F2O3.C17H16F2O3.C15H21Br.CH2O3.2Cs.H/c1-29(2)13-14-30(3,4)26-15-19(5-12-25(26)29)18-35-22-9-6-20(7-10-22)24(17-28(33)34)23-11-8-21(31)16-27(23)32;1-2-22-17(21)10-15(11-3-6-13(20)7-4-11)14-8-5-12(18)9-16(14)19;1-14(2)7-8-15(3,4)13-9-11(10-16)5-6-12(13)14;2-1-4-3;;;/h5-12,15-16,24H,13-14,17-18H2,1-4H3,(H,33,34);3-9,15,20H,2,10H2,1H3;5-6,9H,7-8,10H2,1-4H3;1,3H;;;/q;;;;2*+1;-1/p-1. The number of phenolic OH excluding ortho intramolecular Hbond substituents is 1. The maximum atomic E-state index is 14.4. The molecule has 8 rings (SSSR count). The summed E-state index contributed by atoms with van der Waals surface area (Å²) in [6.45, 7) is 20.8. The zero-order valence-corrected chi connectivity index (χ0v) is 61.4. The Balaban J connectivity index is 0.000000417. The van der Waals surface area contributed by atoms with Gasteiger partial charge in [-0.3, -0.25) is 14.4 Å². The molecule has 0 heterocycles.